The second kappa shape index (κ2) is 4.41. The van der Waals surface area contributed by atoms with Crippen LogP contribution in [0.3, 0.4) is 0 Å². The van der Waals surface area contributed by atoms with E-state index in [0.29, 0.717) is 0 Å². The number of hydrogen-bond donors (Lipinski definition) is 1. The molecule has 0 aliphatic rings. The van der Waals surface area contributed by atoms with Crippen LogP contribution in [-0.4, -0.2) is 16.2 Å². The standard InChI is InChI=1S/C13H15NO/c1-10(15)4-5-11-6-7-13-12(9-11)3-2-8-14-13/h2-3,6-10,15H,4-5H2,1H3. The van der Waals surface area contributed by atoms with Crippen LogP contribution in [0.15, 0.2) is 36.5 Å². The number of nitrogens with zero attached hydrogens (tertiary/aromatic N) is 1. The van der Waals surface area contributed by atoms with Gasteiger partial charge in [0.2, 0.25) is 0 Å². The Morgan fingerprint density at radius 2 is 2.20 bits per heavy atom. The number of aliphatic hydroxyl groups excluding tert-OH is 1. The highest BCUT2D eigenvalue weighted by Gasteiger charge is 1.99. The zero-order valence-corrected chi connectivity index (χ0v) is 8.85. The van der Waals surface area contributed by atoms with Gasteiger partial charge in [-0.15, -0.1) is 0 Å². The summed E-state index contributed by atoms with van der Waals surface area (Å²) in [4.78, 5) is 4.27. The van der Waals surface area contributed by atoms with Gasteiger partial charge in [-0.2, -0.15) is 0 Å². The molecule has 0 spiro atoms. The fourth-order valence-corrected chi connectivity index (χ4v) is 1.66. The molecule has 0 bridgehead atoms. The Morgan fingerprint density at radius 3 is 3.00 bits per heavy atom. The van der Waals surface area contributed by atoms with Crippen LogP contribution < -0.4 is 0 Å². The van der Waals surface area contributed by atoms with Crippen molar-refractivity contribution in [1.82, 2.24) is 4.98 Å². The van der Waals surface area contributed by atoms with Crippen LogP contribution in [0, 0.1) is 0 Å². The van der Waals surface area contributed by atoms with Crippen molar-refractivity contribution in [3.05, 3.63) is 42.1 Å². The van der Waals surface area contributed by atoms with E-state index < -0.39 is 0 Å². The smallest absolute Gasteiger partial charge is 0.0702 e. The number of aromatic nitrogens is 1. The van der Waals surface area contributed by atoms with Crippen molar-refractivity contribution in [2.24, 2.45) is 0 Å². The first-order valence-electron chi connectivity index (χ1n) is 5.27. The predicted octanol–water partition coefficient (Wildman–Crippen LogP) is 2.55. The lowest BCUT2D eigenvalue weighted by Crippen LogP contribution is -2.01. The lowest BCUT2D eigenvalue weighted by Gasteiger charge is -2.05. The SMILES string of the molecule is CC(O)CCc1ccc2ncccc2c1. The number of aryl methyl sites for hydroxylation is 1. The highest BCUT2D eigenvalue weighted by atomic mass is 16.3. The number of pyridine rings is 1. The molecule has 2 heteroatoms. The molecule has 1 N–H and O–H groups in total. The summed E-state index contributed by atoms with van der Waals surface area (Å²) >= 11 is 0. The molecule has 1 aromatic carbocycles. The highest BCUT2D eigenvalue weighted by Crippen LogP contribution is 2.14. The molecule has 2 nitrogen and oxygen atoms in total. The zero-order chi connectivity index (χ0) is 10.7. The molecule has 0 saturated heterocycles. The van der Waals surface area contributed by atoms with Crippen molar-refractivity contribution in [3.8, 4) is 0 Å². The second-order valence-corrected chi connectivity index (χ2v) is 3.92. The Kier molecular flexibility index (Phi) is 2.97. The van der Waals surface area contributed by atoms with E-state index >= 15 is 0 Å². The molecule has 0 radical (unpaired) electrons. The summed E-state index contributed by atoms with van der Waals surface area (Å²) in [5, 5.41) is 10.4. The molecule has 15 heavy (non-hydrogen) atoms. The summed E-state index contributed by atoms with van der Waals surface area (Å²) < 4.78 is 0. The van der Waals surface area contributed by atoms with E-state index in [-0.39, 0.29) is 6.10 Å². The van der Waals surface area contributed by atoms with Crippen LogP contribution in [-0.2, 0) is 6.42 Å². The van der Waals surface area contributed by atoms with Crippen LogP contribution in [0.5, 0.6) is 0 Å². The van der Waals surface area contributed by atoms with E-state index in [1.54, 1.807) is 6.20 Å². The normalized spacial score (nSPS) is 12.9. The minimum absolute atomic E-state index is 0.227. The van der Waals surface area contributed by atoms with E-state index in [1.165, 1.54) is 10.9 Å². The molecule has 0 amide bonds. The maximum absolute atomic E-state index is 9.21. The fourth-order valence-electron chi connectivity index (χ4n) is 1.66. The van der Waals surface area contributed by atoms with Gasteiger partial charge in [-0.3, -0.25) is 4.98 Å². The number of rotatable bonds is 3. The van der Waals surface area contributed by atoms with E-state index in [4.69, 9.17) is 0 Å². The average molecular weight is 201 g/mol. The van der Waals surface area contributed by atoms with E-state index in [2.05, 4.69) is 23.2 Å². The van der Waals surface area contributed by atoms with Crippen LogP contribution in [0.2, 0.25) is 0 Å². The van der Waals surface area contributed by atoms with Gasteiger partial charge < -0.3 is 5.11 Å². The molecule has 1 aromatic heterocycles. The lowest BCUT2D eigenvalue weighted by atomic mass is 10.1. The molecular formula is C13H15NO. The topological polar surface area (TPSA) is 33.1 Å². The molecule has 0 saturated carbocycles. The molecule has 1 atom stereocenters. The quantitative estimate of drug-likeness (QED) is 0.827. The van der Waals surface area contributed by atoms with Gasteiger partial charge in [-0.05, 0) is 43.5 Å². The number of benzene rings is 1. The van der Waals surface area contributed by atoms with Crippen molar-refractivity contribution >= 4 is 10.9 Å². The Bertz CT molecular complexity index is 451. The third kappa shape index (κ3) is 2.54. The summed E-state index contributed by atoms with van der Waals surface area (Å²) in [6.07, 6.45) is 3.31. The minimum atomic E-state index is -0.227. The molecule has 2 rings (SSSR count). The van der Waals surface area contributed by atoms with Gasteiger partial charge in [-0.25, -0.2) is 0 Å². The summed E-state index contributed by atoms with van der Waals surface area (Å²) in [6.45, 7) is 1.82. The molecule has 2 aromatic rings. The molecule has 78 valence electrons. The van der Waals surface area contributed by atoms with Gasteiger partial charge in [0.1, 0.15) is 0 Å². The van der Waals surface area contributed by atoms with E-state index in [9.17, 15) is 5.11 Å². The second-order valence-electron chi connectivity index (χ2n) is 3.92. The summed E-state index contributed by atoms with van der Waals surface area (Å²) in [7, 11) is 0. The van der Waals surface area contributed by atoms with Gasteiger partial charge in [-0.1, -0.05) is 12.1 Å². The Morgan fingerprint density at radius 1 is 1.33 bits per heavy atom. The molecule has 1 heterocycles. The van der Waals surface area contributed by atoms with Crippen molar-refractivity contribution < 1.29 is 5.11 Å². The number of fused-ring (bicyclic) bond motifs is 1. The molecule has 0 aliphatic carbocycles. The predicted molar refractivity (Wildman–Crippen MR) is 61.7 cm³/mol. The fraction of sp³-hybridized carbons (Fsp3) is 0.308. The first-order valence-corrected chi connectivity index (χ1v) is 5.27. The maximum Gasteiger partial charge on any atom is 0.0702 e. The van der Waals surface area contributed by atoms with Crippen molar-refractivity contribution in [3.63, 3.8) is 0 Å². The first kappa shape index (κ1) is 10.1. The van der Waals surface area contributed by atoms with Gasteiger partial charge in [0, 0.05) is 11.6 Å². The molecule has 1 unspecified atom stereocenters. The summed E-state index contributed by atoms with van der Waals surface area (Å²) in [6, 6.07) is 10.3. The summed E-state index contributed by atoms with van der Waals surface area (Å²) in [5.41, 5.74) is 2.29. The first-order chi connectivity index (χ1) is 7.25. The maximum atomic E-state index is 9.21. The Labute approximate surface area is 89.6 Å². The third-order valence-corrected chi connectivity index (χ3v) is 2.52. The minimum Gasteiger partial charge on any atom is -0.393 e. The third-order valence-electron chi connectivity index (χ3n) is 2.52. The highest BCUT2D eigenvalue weighted by molar-refractivity contribution is 5.78. The van der Waals surface area contributed by atoms with Gasteiger partial charge in [0.25, 0.3) is 0 Å². The number of aliphatic hydroxyl groups is 1. The summed E-state index contributed by atoms with van der Waals surface area (Å²) in [5.74, 6) is 0. The molecular weight excluding hydrogens is 186 g/mol. The van der Waals surface area contributed by atoms with Crippen LogP contribution >= 0.6 is 0 Å². The van der Waals surface area contributed by atoms with Gasteiger partial charge in [0.15, 0.2) is 0 Å². The van der Waals surface area contributed by atoms with Crippen molar-refractivity contribution in [1.29, 1.82) is 0 Å². The average Bonchev–Trinajstić information content (AvgIpc) is 2.26. The largest absolute Gasteiger partial charge is 0.393 e. The van der Waals surface area contributed by atoms with Crippen LogP contribution in [0.1, 0.15) is 18.9 Å². The van der Waals surface area contributed by atoms with Crippen molar-refractivity contribution in [2.45, 2.75) is 25.9 Å². The molecule has 0 fully saturated rings. The van der Waals surface area contributed by atoms with E-state index in [1.807, 2.05) is 19.1 Å². The van der Waals surface area contributed by atoms with E-state index in [0.717, 1.165) is 18.4 Å². The van der Waals surface area contributed by atoms with Crippen LogP contribution in [0.4, 0.5) is 0 Å². The van der Waals surface area contributed by atoms with Gasteiger partial charge in [0.05, 0.1) is 11.6 Å². The van der Waals surface area contributed by atoms with Crippen LogP contribution in [0.25, 0.3) is 10.9 Å². The monoisotopic (exact) mass is 201 g/mol. The van der Waals surface area contributed by atoms with Gasteiger partial charge >= 0.3 is 0 Å². The van der Waals surface area contributed by atoms with Crippen molar-refractivity contribution in [2.75, 3.05) is 0 Å². The lowest BCUT2D eigenvalue weighted by molar-refractivity contribution is 0.185. The Hall–Kier alpha value is -1.41. The number of hydrogen-bond acceptors (Lipinski definition) is 2. The zero-order valence-electron chi connectivity index (χ0n) is 8.85. The molecule has 0 aliphatic heterocycles. The Balaban J connectivity index is 2.23.